The molecule has 0 aliphatic carbocycles. The fourth-order valence-corrected chi connectivity index (χ4v) is 2.78. The highest BCUT2D eigenvalue weighted by Crippen LogP contribution is 2.18. The molecular formula is C20H21F2N3O2S. The second-order valence-electron chi connectivity index (χ2n) is 6.04. The molecule has 0 bridgehead atoms. The molecule has 28 heavy (non-hydrogen) atoms. The van der Waals surface area contributed by atoms with Crippen molar-refractivity contribution in [2.45, 2.75) is 12.7 Å². The van der Waals surface area contributed by atoms with Crippen LogP contribution in [0.25, 0.3) is 0 Å². The minimum atomic E-state index is -2.93. The summed E-state index contributed by atoms with van der Waals surface area (Å²) in [6.45, 7) is 0.972. The summed E-state index contributed by atoms with van der Waals surface area (Å²) in [7, 11) is 3.82. The second kappa shape index (κ2) is 9.89. The van der Waals surface area contributed by atoms with Gasteiger partial charge in [-0.05, 0) is 29.3 Å². The lowest BCUT2D eigenvalue weighted by atomic mass is 10.0. The molecule has 1 aromatic carbocycles. The third-order valence-corrected chi connectivity index (χ3v) is 4.22. The maximum absolute atomic E-state index is 13.1. The number of anilines is 1. The Hall–Kier alpha value is -2.87. The topological polar surface area (TPSA) is 45.8 Å². The van der Waals surface area contributed by atoms with Crippen LogP contribution < -0.4 is 14.2 Å². The van der Waals surface area contributed by atoms with Crippen molar-refractivity contribution in [1.82, 2.24) is 0 Å². The number of alkyl halides is 2. The van der Waals surface area contributed by atoms with Gasteiger partial charge >= 0.3 is 6.61 Å². The summed E-state index contributed by atoms with van der Waals surface area (Å²) in [5.74, 6) is -0.325. The monoisotopic (exact) mass is 405 g/mol. The Morgan fingerprint density at radius 3 is 2.36 bits per heavy atom. The summed E-state index contributed by atoms with van der Waals surface area (Å²) >= 11 is 5.38. The first-order valence-electron chi connectivity index (χ1n) is 8.43. The van der Waals surface area contributed by atoms with Crippen LogP contribution in [0.5, 0.6) is 5.75 Å². The van der Waals surface area contributed by atoms with Crippen LogP contribution in [0.2, 0.25) is 0 Å². The number of nitrogens with zero attached hydrogens (tertiary/aromatic N) is 3. The summed E-state index contributed by atoms with van der Waals surface area (Å²) in [6.07, 6.45) is 5.09. The molecule has 1 aromatic heterocycles. The molecule has 2 aromatic rings. The Labute approximate surface area is 168 Å². The zero-order chi connectivity index (χ0) is 20.7. The highest BCUT2D eigenvalue weighted by Gasteiger charge is 2.28. The molecule has 0 aliphatic rings. The van der Waals surface area contributed by atoms with Crippen LogP contribution in [-0.4, -0.2) is 38.1 Å². The Bertz CT molecular complexity index is 838. The number of carbonyl (C=O) groups excluding carboxylic acids is 1. The van der Waals surface area contributed by atoms with Crippen LogP contribution in [-0.2, 0) is 12.6 Å². The minimum Gasteiger partial charge on any atom is -0.758 e. The van der Waals surface area contributed by atoms with Crippen molar-refractivity contribution in [3.05, 3.63) is 67.0 Å². The molecule has 2 rings (SSSR count). The summed E-state index contributed by atoms with van der Waals surface area (Å²) in [5, 5.41) is 0.209. The first-order valence-corrected chi connectivity index (χ1v) is 8.83. The van der Waals surface area contributed by atoms with Crippen LogP contribution in [0.1, 0.15) is 16.4 Å². The van der Waals surface area contributed by atoms with Gasteiger partial charge in [0, 0.05) is 37.5 Å². The molecule has 1 atom stereocenters. The van der Waals surface area contributed by atoms with E-state index in [4.69, 9.17) is 12.6 Å². The zero-order valence-electron chi connectivity index (χ0n) is 15.6. The number of halogens is 2. The van der Waals surface area contributed by atoms with E-state index in [0.717, 1.165) is 5.69 Å². The van der Waals surface area contributed by atoms with E-state index in [-0.39, 0.29) is 16.6 Å². The summed E-state index contributed by atoms with van der Waals surface area (Å²) < 4.78 is 30.6. The molecule has 0 unspecified atom stereocenters. The lowest BCUT2D eigenvalue weighted by Crippen LogP contribution is -2.47. The van der Waals surface area contributed by atoms with Gasteiger partial charge in [0.05, 0.1) is 6.54 Å². The number of carbonyl (C=O) groups is 1. The van der Waals surface area contributed by atoms with Gasteiger partial charge in [-0.15, -0.1) is 6.58 Å². The molecule has 0 amide bonds. The lowest BCUT2D eigenvalue weighted by molar-refractivity contribution is -0.691. The van der Waals surface area contributed by atoms with E-state index in [1.165, 1.54) is 24.3 Å². The van der Waals surface area contributed by atoms with Crippen LogP contribution in [0.3, 0.4) is 0 Å². The van der Waals surface area contributed by atoms with Gasteiger partial charge in [0.1, 0.15) is 5.75 Å². The summed E-state index contributed by atoms with van der Waals surface area (Å²) in [5.41, 5.74) is 1.27. The average Bonchev–Trinajstić information content (AvgIpc) is 2.67. The first-order chi connectivity index (χ1) is 13.3. The fraction of sp³-hybridized carbons (Fsp3) is 0.250. The van der Waals surface area contributed by atoms with Crippen molar-refractivity contribution in [1.29, 1.82) is 0 Å². The number of benzene rings is 1. The SMILES string of the molecule is C=CCN=C([S-])[C@H](C(=O)c1ccc(OC(F)F)cc1)[n+]1ccc(N(C)C)cc1. The Balaban J connectivity index is 2.37. The molecule has 0 N–H and O–H groups in total. The number of ketones is 1. The maximum atomic E-state index is 13.1. The Kier molecular flexibility index (Phi) is 7.57. The molecule has 0 saturated heterocycles. The zero-order valence-corrected chi connectivity index (χ0v) is 16.4. The molecule has 8 heteroatoms. The average molecular weight is 405 g/mol. The number of Topliss-reactive ketones (excluding diaryl/α,β-unsaturated/α-hetero) is 1. The molecule has 0 saturated carbocycles. The first kappa shape index (κ1) is 21.4. The molecule has 0 radical (unpaired) electrons. The highest BCUT2D eigenvalue weighted by atomic mass is 32.1. The van der Waals surface area contributed by atoms with Gasteiger partial charge in [-0.2, -0.15) is 13.3 Å². The van der Waals surface area contributed by atoms with Gasteiger partial charge in [-0.3, -0.25) is 4.79 Å². The smallest absolute Gasteiger partial charge is 0.387 e. The normalized spacial score (nSPS) is 12.5. The van der Waals surface area contributed by atoms with Crippen LogP contribution >= 0.6 is 0 Å². The number of aromatic nitrogens is 1. The Morgan fingerprint density at radius 1 is 1.25 bits per heavy atom. The number of hydrogen-bond donors (Lipinski definition) is 0. The molecular weight excluding hydrogens is 384 g/mol. The predicted octanol–water partition coefficient (Wildman–Crippen LogP) is 3.20. The second-order valence-corrected chi connectivity index (χ2v) is 6.45. The van der Waals surface area contributed by atoms with Gasteiger partial charge in [0.25, 0.3) is 0 Å². The van der Waals surface area contributed by atoms with E-state index in [0.29, 0.717) is 12.1 Å². The third kappa shape index (κ3) is 5.56. The molecule has 1 heterocycles. The predicted molar refractivity (Wildman–Crippen MR) is 107 cm³/mol. The minimum absolute atomic E-state index is 0.0231. The van der Waals surface area contributed by atoms with Crippen molar-refractivity contribution in [3.8, 4) is 5.75 Å². The Morgan fingerprint density at radius 2 is 1.86 bits per heavy atom. The van der Waals surface area contributed by atoms with Crippen molar-refractivity contribution >= 4 is 29.1 Å². The van der Waals surface area contributed by atoms with Crippen LogP contribution in [0.4, 0.5) is 14.5 Å². The van der Waals surface area contributed by atoms with Gasteiger partial charge in [-0.25, -0.2) is 0 Å². The fourth-order valence-electron chi connectivity index (χ4n) is 2.47. The van der Waals surface area contributed by atoms with E-state index in [1.807, 2.05) is 31.1 Å². The van der Waals surface area contributed by atoms with Gasteiger partial charge in [0.15, 0.2) is 12.4 Å². The highest BCUT2D eigenvalue weighted by molar-refractivity contribution is 7.77. The van der Waals surface area contributed by atoms with Gasteiger partial charge in [0.2, 0.25) is 11.8 Å². The van der Waals surface area contributed by atoms with Crippen molar-refractivity contribution in [3.63, 3.8) is 0 Å². The number of rotatable bonds is 9. The van der Waals surface area contributed by atoms with Crippen molar-refractivity contribution in [2.24, 2.45) is 4.99 Å². The van der Waals surface area contributed by atoms with Gasteiger partial charge in [-0.1, -0.05) is 6.08 Å². The molecule has 0 fully saturated rings. The summed E-state index contributed by atoms with van der Waals surface area (Å²) in [6, 6.07) is 8.37. The lowest BCUT2D eigenvalue weighted by Gasteiger charge is -2.19. The number of aliphatic imine (C=N–C) groups is 1. The third-order valence-electron chi connectivity index (χ3n) is 3.87. The van der Waals surface area contributed by atoms with E-state index in [9.17, 15) is 13.6 Å². The van der Waals surface area contributed by atoms with Gasteiger partial charge < -0.3 is 27.3 Å². The molecule has 148 valence electrons. The quantitative estimate of drug-likeness (QED) is 0.161. The van der Waals surface area contributed by atoms with Crippen LogP contribution in [0.15, 0.2) is 66.4 Å². The van der Waals surface area contributed by atoms with E-state index >= 15 is 0 Å². The van der Waals surface area contributed by atoms with Crippen molar-refractivity contribution in [2.75, 3.05) is 25.5 Å². The van der Waals surface area contributed by atoms with E-state index in [1.54, 1.807) is 23.0 Å². The molecule has 5 nitrogen and oxygen atoms in total. The molecule has 0 spiro atoms. The molecule has 0 aliphatic heterocycles. The number of pyridine rings is 1. The summed E-state index contributed by atoms with van der Waals surface area (Å²) in [4.78, 5) is 19.3. The maximum Gasteiger partial charge on any atom is 0.387 e. The number of hydrogen-bond acceptors (Lipinski definition) is 5. The number of ether oxygens (including phenoxy) is 1. The van der Waals surface area contributed by atoms with E-state index in [2.05, 4.69) is 16.3 Å². The van der Waals surface area contributed by atoms with E-state index < -0.39 is 12.7 Å². The van der Waals surface area contributed by atoms with Crippen LogP contribution in [0, 0.1) is 0 Å². The van der Waals surface area contributed by atoms with Crippen molar-refractivity contribution < 1.29 is 22.9 Å². The largest absolute Gasteiger partial charge is 0.758 e. The standard InChI is InChI=1S/C20H21F2N3O2S/c1-4-11-23-19(28)17(25-12-9-15(10-13-25)24(2)3)18(26)14-5-7-16(8-6-14)27-20(21)22/h4-10,12-13,17,20H,1,11H2,2-3H3/t17-/m0/s1.